The fourth-order valence-corrected chi connectivity index (χ4v) is 2.31. The zero-order valence-electron chi connectivity index (χ0n) is 10.6. The van der Waals surface area contributed by atoms with Crippen LogP contribution < -0.4 is 5.32 Å². The van der Waals surface area contributed by atoms with Crippen LogP contribution in [-0.4, -0.2) is 51.6 Å². The molecule has 0 aromatic heterocycles. The number of nitrogens with one attached hydrogen (secondary N) is 1. The van der Waals surface area contributed by atoms with Gasteiger partial charge in [-0.1, -0.05) is 13.8 Å². The Bertz CT molecular complexity index is 333. The number of hydrogen-bond donors (Lipinski definition) is 1. The summed E-state index contributed by atoms with van der Waals surface area (Å²) in [7, 11) is -0.886. The normalized spacial score (nSPS) is 24.4. The van der Waals surface area contributed by atoms with E-state index in [0.29, 0.717) is 19.4 Å². The van der Waals surface area contributed by atoms with Crippen molar-refractivity contribution in [2.45, 2.75) is 38.0 Å². The van der Waals surface area contributed by atoms with Crippen molar-refractivity contribution in [3.8, 4) is 0 Å². The van der Waals surface area contributed by atoms with E-state index in [2.05, 4.69) is 5.32 Å². The average Bonchev–Trinajstić information content (AvgIpc) is 2.29. The summed E-state index contributed by atoms with van der Waals surface area (Å²) in [6.45, 7) is 4.37. The lowest BCUT2D eigenvalue weighted by molar-refractivity contribution is -0.145. The molecule has 6 heteroatoms. The maximum atomic E-state index is 11.7. The monoisotopic (exact) mass is 260 g/mol. The lowest BCUT2D eigenvalue weighted by Crippen LogP contribution is -2.58. The van der Waals surface area contributed by atoms with Crippen molar-refractivity contribution >= 4 is 22.6 Å². The molecule has 3 atom stereocenters. The van der Waals surface area contributed by atoms with Crippen molar-refractivity contribution in [1.82, 2.24) is 10.2 Å². The molecule has 0 bridgehead atoms. The maximum Gasteiger partial charge on any atom is 0.243 e. The molecular weight excluding hydrogens is 240 g/mol. The number of carbonyl (C=O) groups is 2. The first-order chi connectivity index (χ1) is 7.97. The highest BCUT2D eigenvalue weighted by Gasteiger charge is 2.32. The van der Waals surface area contributed by atoms with E-state index in [1.54, 1.807) is 11.2 Å². The fourth-order valence-electron chi connectivity index (χ4n) is 1.87. The Morgan fingerprint density at radius 1 is 1.53 bits per heavy atom. The highest BCUT2D eigenvalue weighted by molar-refractivity contribution is 7.84. The standard InChI is InChI=1S/C11H20N2O3S/c1-4-9-11(15)12-7-10(14)13(9)6-5-8(2)17(3)16/h8-9H,4-7H2,1-3H3,(H,12,15). The van der Waals surface area contributed by atoms with Gasteiger partial charge in [0.2, 0.25) is 11.8 Å². The SMILES string of the molecule is CCC1C(=O)NCC(=O)N1CCC(C)S(C)=O. The number of piperazine rings is 1. The summed E-state index contributed by atoms with van der Waals surface area (Å²) < 4.78 is 11.2. The molecule has 2 amide bonds. The van der Waals surface area contributed by atoms with Crippen LogP contribution in [0.2, 0.25) is 0 Å². The molecule has 0 saturated carbocycles. The van der Waals surface area contributed by atoms with Crippen molar-refractivity contribution in [2.75, 3.05) is 19.3 Å². The largest absolute Gasteiger partial charge is 0.345 e. The van der Waals surface area contributed by atoms with Gasteiger partial charge in [0.15, 0.2) is 0 Å². The van der Waals surface area contributed by atoms with Crippen molar-refractivity contribution < 1.29 is 13.8 Å². The van der Waals surface area contributed by atoms with Gasteiger partial charge in [-0.25, -0.2) is 0 Å². The predicted molar refractivity (Wildman–Crippen MR) is 66.9 cm³/mol. The molecule has 0 radical (unpaired) electrons. The number of rotatable bonds is 5. The van der Waals surface area contributed by atoms with E-state index in [4.69, 9.17) is 0 Å². The molecule has 3 unspecified atom stereocenters. The van der Waals surface area contributed by atoms with Gasteiger partial charge in [0.05, 0.1) is 6.54 Å². The Labute approximate surface area is 104 Å². The second kappa shape index (κ2) is 6.14. The van der Waals surface area contributed by atoms with Gasteiger partial charge in [-0.15, -0.1) is 0 Å². The van der Waals surface area contributed by atoms with Gasteiger partial charge in [0.1, 0.15) is 6.04 Å². The predicted octanol–water partition coefficient (Wildman–Crippen LogP) is -0.119. The summed E-state index contributed by atoms with van der Waals surface area (Å²) in [5, 5.41) is 2.63. The van der Waals surface area contributed by atoms with Crippen LogP contribution in [0.4, 0.5) is 0 Å². The second-order valence-corrected chi connectivity index (χ2v) is 6.13. The molecule has 1 aliphatic rings. The van der Waals surface area contributed by atoms with Crippen LogP contribution >= 0.6 is 0 Å². The molecule has 17 heavy (non-hydrogen) atoms. The maximum absolute atomic E-state index is 11.7. The molecule has 1 rings (SSSR count). The highest BCUT2D eigenvalue weighted by atomic mass is 32.2. The van der Waals surface area contributed by atoms with Gasteiger partial charge in [0.25, 0.3) is 0 Å². The van der Waals surface area contributed by atoms with Gasteiger partial charge in [-0.2, -0.15) is 0 Å². The summed E-state index contributed by atoms with van der Waals surface area (Å²) in [6, 6.07) is -0.367. The first-order valence-corrected chi connectivity index (χ1v) is 7.48. The van der Waals surface area contributed by atoms with Crippen LogP contribution in [0.1, 0.15) is 26.7 Å². The van der Waals surface area contributed by atoms with Crippen LogP contribution in [0.15, 0.2) is 0 Å². The molecule has 98 valence electrons. The molecule has 0 spiro atoms. The van der Waals surface area contributed by atoms with E-state index >= 15 is 0 Å². The average molecular weight is 260 g/mol. The molecule has 0 aliphatic carbocycles. The van der Waals surface area contributed by atoms with Gasteiger partial charge in [-0.3, -0.25) is 13.8 Å². The van der Waals surface area contributed by atoms with Crippen LogP contribution in [0.25, 0.3) is 0 Å². The zero-order valence-corrected chi connectivity index (χ0v) is 11.4. The fraction of sp³-hybridized carbons (Fsp3) is 0.818. The van der Waals surface area contributed by atoms with Crippen LogP contribution in [0.5, 0.6) is 0 Å². The first-order valence-electron chi connectivity index (χ1n) is 5.86. The molecule has 0 aromatic rings. The number of hydrogen-bond acceptors (Lipinski definition) is 3. The summed E-state index contributed by atoms with van der Waals surface area (Å²) in [5.74, 6) is -0.136. The summed E-state index contributed by atoms with van der Waals surface area (Å²) in [5.41, 5.74) is 0. The van der Waals surface area contributed by atoms with E-state index in [1.165, 1.54) is 0 Å². The third kappa shape index (κ3) is 3.52. The van der Waals surface area contributed by atoms with E-state index < -0.39 is 10.8 Å². The van der Waals surface area contributed by atoms with Crippen molar-refractivity contribution in [1.29, 1.82) is 0 Å². The number of carbonyl (C=O) groups excluding carboxylic acids is 2. The van der Waals surface area contributed by atoms with Crippen molar-refractivity contribution in [2.24, 2.45) is 0 Å². The lowest BCUT2D eigenvalue weighted by Gasteiger charge is -2.34. The van der Waals surface area contributed by atoms with E-state index in [9.17, 15) is 13.8 Å². The number of nitrogens with zero attached hydrogens (tertiary/aromatic N) is 1. The Morgan fingerprint density at radius 2 is 2.18 bits per heavy atom. The lowest BCUT2D eigenvalue weighted by atomic mass is 10.1. The summed E-state index contributed by atoms with van der Waals surface area (Å²) in [6.07, 6.45) is 2.94. The first kappa shape index (κ1) is 14.2. The van der Waals surface area contributed by atoms with Crippen LogP contribution in [0, 0.1) is 0 Å². The van der Waals surface area contributed by atoms with Gasteiger partial charge < -0.3 is 10.2 Å². The summed E-state index contributed by atoms with van der Waals surface area (Å²) in [4.78, 5) is 24.9. The highest BCUT2D eigenvalue weighted by Crippen LogP contribution is 2.12. The molecule has 1 aliphatic heterocycles. The number of amides is 2. The second-order valence-electron chi connectivity index (χ2n) is 4.33. The van der Waals surface area contributed by atoms with Gasteiger partial charge in [0, 0.05) is 28.9 Å². The minimum Gasteiger partial charge on any atom is -0.345 e. The Balaban J connectivity index is 2.62. The van der Waals surface area contributed by atoms with E-state index in [-0.39, 0.29) is 29.7 Å². The molecule has 1 heterocycles. The van der Waals surface area contributed by atoms with E-state index in [0.717, 1.165) is 0 Å². The Hall–Kier alpha value is -0.910. The minimum atomic E-state index is -0.886. The molecule has 1 fully saturated rings. The van der Waals surface area contributed by atoms with Crippen LogP contribution in [0.3, 0.4) is 0 Å². The van der Waals surface area contributed by atoms with Crippen molar-refractivity contribution in [3.05, 3.63) is 0 Å². The smallest absolute Gasteiger partial charge is 0.243 e. The molecule has 5 nitrogen and oxygen atoms in total. The minimum absolute atomic E-state index is 0.0466. The quantitative estimate of drug-likeness (QED) is 0.749. The molecule has 1 N–H and O–H groups in total. The van der Waals surface area contributed by atoms with Gasteiger partial charge in [-0.05, 0) is 12.8 Å². The zero-order chi connectivity index (χ0) is 13.0. The summed E-state index contributed by atoms with van der Waals surface area (Å²) >= 11 is 0. The Kier molecular flexibility index (Phi) is 5.11. The van der Waals surface area contributed by atoms with Gasteiger partial charge >= 0.3 is 0 Å². The molecule has 0 aromatic carbocycles. The topological polar surface area (TPSA) is 66.5 Å². The third-order valence-electron chi connectivity index (χ3n) is 3.14. The molecule has 1 saturated heterocycles. The third-order valence-corrected chi connectivity index (χ3v) is 4.51. The van der Waals surface area contributed by atoms with E-state index in [1.807, 2.05) is 13.8 Å². The van der Waals surface area contributed by atoms with Crippen LogP contribution in [-0.2, 0) is 20.4 Å². The Morgan fingerprint density at radius 3 is 2.71 bits per heavy atom. The molecular formula is C11H20N2O3S. The van der Waals surface area contributed by atoms with Crippen molar-refractivity contribution in [3.63, 3.8) is 0 Å².